The van der Waals surface area contributed by atoms with E-state index in [0.717, 1.165) is 5.70 Å². The van der Waals surface area contributed by atoms with Gasteiger partial charge in [0, 0.05) is 19.7 Å². The molecule has 0 fully saturated rings. The highest BCUT2D eigenvalue weighted by atomic mass is 16.2. The van der Waals surface area contributed by atoms with Gasteiger partial charge in [0.05, 0.1) is 0 Å². The Morgan fingerprint density at radius 1 is 1.60 bits per heavy atom. The van der Waals surface area contributed by atoms with E-state index in [1.807, 2.05) is 13.0 Å². The topological polar surface area (TPSA) is 20.3 Å². The summed E-state index contributed by atoms with van der Waals surface area (Å²) in [7, 11) is 1.72. The van der Waals surface area contributed by atoms with Crippen molar-refractivity contribution in [2.75, 3.05) is 7.05 Å². The average Bonchev–Trinajstić information content (AvgIpc) is 1.90. The quantitative estimate of drug-likeness (QED) is 0.531. The summed E-state index contributed by atoms with van der Waals surface area (Å²) >= 11 is 0. The Kier molecular flexibility index (Phi) is 3.47. The van der Waals surface area contributed by atoms with Crippen LogP contribution in [0.1, 0.15) is 13.8 Å². The van der Waals surface area contributed by atoms with Crippen LogP contribution in [0.4, 0.5) is 0 Å². The van der Waals surface area contributed by atoms with Gasteiger partial charge in [-0.3, -0.25) is 4.79 Å². The van der Waals surface area contributed by atoms with Crippen LogP contribution in [-0.4, -0.2) is 17.9 Å². The molecule has 0 spiro atoms. The van der Waals surface area contributed by atoms with E-state index in [1.54, 1.807) is 18.0 Å². The predicted molar refractivity (Wildman–Crippen MR) is 42.4 cm³/mol. The van der Waals surface area contributed by atoms with Crippen LogP contribution in [-0.2, 0) is 4.79 Å². The Morgan fingerprint density at radius 3 is 2.20 bits per heavy atom. The van der Waals surface area contributed by atoms with Crippen molar-refractivity contribution in [2.45, 2.75) is 13.8 Å². The van der Waals surface area contributed by atoms with E-state index in [1.165, 1.54) is 6.92 Å². The minimum Gasteiger partial charge on any atom is -0.316 e. The van der Waals surface area contributed by atoms with Crippen LogP contribution in [0.25, 0.3) is 0 Å². The maximum atomic E-state index is 10.7. The number of carbonyl (C=O) groups excluding carboxylic acids is 1. The van der Waals surface area contributed by atoms with Crippen molar-refractivity contribution in [1.82, 2.24) is 4.90 Å². The maximum Gasteiger partial charge on any atom is 0.223 e. The van der Waals surface area contributed by atoms with Crippen LogP contribution >= 0.6 is 0 Å². The normalized spacial score (nSPS) is 10.9. The molecule has 0 saturated carbocycles. The van der Waals surface area contributed by atoms with Gasteiger partial charge in [0.25, 0.3) is 0 Å². The molecule has 0 bridgehead atoms. The first-order chi connectivity index (χ1) is 4.63. The molecule has 2 heteroatoms. The van der Waals surface area contributed by atoms with Crippen molar-refractivity contribution in [3.05, 3.63) is 24.4 Å². The summed E-state index contributed by atoms with van der Waals surface area (Å²) in [6, 6.07) is 0. The van der Waals surface area contributed by atoms with E-state index >= 15 is 0 Å². The summed E-state index contributed by atoms with van der Waals surface area (Å²) in [5.74, 6) is 0.0213. The molecule has 0 saturated heterocycles. The fraction of sp³-hybridized carbons (Fsp3) is 0.375. The van der Waals surface area contributed by atoms with Crippen molar-refractivity contribution in [2.24, 2.45) is 0 Å². The Morgan fingerprint density at radius 2 is 2.10 bits per heavy atom. The fourth-order valence-electron chi connectivity index (χ4n) is 0.630. The Bertz CT molecular complexity index is 170. The summed E-state index contributed by atoms with van der Waals surface area (Å²) in [5.41, 5.74) is 0.840. The highest BCUT2D eigenvalue weighted by molar-refractivity contribution is 5.75. The van der Waals surface area contributed by atoms with E-state index in [4.69, 9.17) is 0 Å². The van der Waals surface area contributed by atoms with Gasteiger partial charge in [0.15, 0.2) is 0 Å². The lowest BCUT2D eigenvalue weighted by Gasteiger charge is -2.14. The molecule has 0 rings (SSSR count). The van der Waals surface area contributed by atoms with Crippen LogP contribution in [0.2, 0.25) is 0 Å². The van der Waals surface area contributed by atoms with E-state index in [2.05, 4.69) is 6.58 Å². The number of carbonyl (C=O) groups is 1. The Balaban J connectivity index is 4.31. The first kappa shape index (κ1) is 8.95. The van der Waals surface area contributed by atoms with Gasteiger partial charge in [0.1, 0.15) is 0 Å². The van der Waals surface area contributed by atoms with Crippen molar-refractivity contribution in [3.8, 4) is 0 Å². The SMILES string of the molecule is C=C/C(=C\C)N(C)C(C)=O. The summed E-state index contributed by atoms with van der Waals surface area (Å²) < 4.78 is 0. The van der Waals surface area contributed by atoms with Crippen LogP contribution in [0.3, 0.4) is 0 Å². The van der Waals surface area contributed by atoms with E-state index in [-0.39, 0.29) is 5.91 Å². The lowest BCUT2D eigenvalue weighted by atomic mass is 10.3. The number of likely N-dealkylation sites (N-methyl/N-ethyl adjacent to an activating group) is 1. The van der Waals surface area contributed by atoms with E-state index < -0.39 is 0 Å². The molecule has 2 nitrogen and oxygen atoms in total. The molecule has 0 N–H and O–H groups in total. The molecule has 0 aliphatic carbocycles. The maximum absolute atomic E-state index is 10.7. The van der Waals surface area contributed by atoms with Crippen molar-refractivity contribution < 1.29 is 4.79 Å². The minimum absolute atomic E-state index is 0.0213. The first-order valence-corrected chi connectivity index (χ1v) is 3.16. The van der Waals surface area contributed by atoms with Crippen LogP contribution in [0.15, 0.2) is 24.4 Å². The van der Waals surface area contributed by atoms with Gasteiger partial charge in [-0.15, -0.1) is 0 Å². The number of nitrogens with zero attached hydrogens (tertiary/aromatic N) is 1. The smallest absolute Gasteiger partial charge is 0.223 e. The lowest BCUT2D eigenvalue weighted by Crippen LogP contribution is -2.21. The number of amides is 1. The first-order valence-electron chi connectivity index (χ1n) is 3.16. The second-order valence-corrected chi connectivity index (χ2v) is 2.00. The van der Waals surface area contributed by atoms with Gasteiger partial charge in [-0.1, -0.05) is 12.7 Å². The summed E-state index contributed by atoms with van der Waals surface area (Å²) in [6.07, 6.45) is 3.50. The molecule has 1 amide bonds. The molecule has 0 aromatic carbocycles. The molecular formula is C8H13NO. The van der Waals surface area contributed by atoms with Crippen molar-refractivity contribution in [1.29, 1.82) is 0 Å². The zero-order chi connectivity index (χ0) is 8.15. The van der Waals surface area contributed by atoms with Crippen LogP contribution in [0, 0.1) is 0 Å². The summed E-state index contributed by atoms with van der Waals surface area (Å²) in [5, 5.41) is 0. The monoisotopic (exact) mass is 139 g/mol. The predicted octanol–water partition coefficient (Wildman–Crippen LogP) is 1.55. The van der Waals surface area contributed by atoms with Crippen LogP contribution in [0.5, 0.6) is 0 Å². The molecule has 56 valence electrons. The summed E-state index contributed by atoms with van der Waals surface area (Å²) in [4.78, 5) is 12.3. The molecule has 0 aliphatic heterocycles. The molecular weight excluding hydrogens is 126 g/mol. The zero-order valence-corrected chi connectivity index (χ0v) is 6.72. The molecule has 0 aliphatic rings. The minimum atomic E-state index is 0.0213. The third-order valence-corrected chi connectivity index (χ3v) is 1.36. The second-order valence-electron chi connectivity index (χ2n) is 2.00. The molecule has 0 unspecified atom stereocenters. The third kappa shape index (κ3) is 2.05. The van der Waals surface area contributed by atoms with Crippen molar-refractivity contribution >= 4 is 5.91 Å². The van der Waals surface area contributed by atoms with Gasteiger partial charge in [-0.25, -0.2) is 0 Å². The average molecular weight is 139 g/mol. The van der Waals surface area contributed by atoms with Gasteiger partial charge in [-0.05, 0) is 13.0 Å². The van der Waals surface area contributed by atoms with Gasteiger partial charge < -0.3 is 4.90 Å². The molecule has 0 aromatic rings. The molecule has 0 radical (unpaired) electrons. The van der Waals surface area contributed by atoms with Gasteiger partial charge >= 0.3 is 0 Å². The highest BCUT2D eigenvalue weighted by Crippen LogP contribution is 2.01. The number of hydrogen-bond donors (Lipinski definition) is 0. The Labute approximate surface area is 61.8 Å². The standard InChI is InChI=1S/C8H13NO/c1-5-8(6-2)9(4)7(3)10/h5-6H,1H2,2-4H3/b8-6+. The number of hydrogen-bond acceptors (Lipinski definition) is 1. The summed E-state index contributed by atoms with van der Waals surface area (Å²) in [6.45, 7) is 6.97. The van der Waals surface area contributed by atoms with Gasteiger partial charge in [0.2, 0.25) is 5.91 Å². The fourth-order valence-corrected chi connectivity index (χ4v) is 0.630. The Hall–Kier alpha value is -1.05. The molecule has 0 heterocycles. The molecule has 10 heavy (non-hydrogen) atoms. The van der Waals surface area contributed by atoms with E-state index in [0.29, 0.717) is 0 Å². The molecule has 0 aromatic heterocycles. The third-order valence-electron chi connectivity index (χ3n) is 1.36. The van der Waals surface area contributed by atoms with Crippen molar-refractivity contribution in [3.63, 3.8) is 0 Å². The number of allylic oxidation sites excluding steroid dienone is 2. The number of rotatable bonds is 2. The highest BCUT2D eigenvalue weighted by Gasteiger charge is 2.02. The second kappa shape index (κ2) is 3.88. The zero-order valence-electron chi connectivity index (χ0n) is 6.72. The van der Waals surface area contributed by atoms with Crippen LogP contribution < -0.4 is 0 Å². The largest absolute Gasteiger partial charge is 0.316 e. The lowest BCUT2D eigenvalue weighted by molar-refractivity contribution is -0.125. The molecule has 0 atom stereocenters. The van der Waals surface area contributed by atoms with E-state index in [9.17, 15) is 4.79 Å². The van der Waals surface area contributed by atoms with Gasteiger partial charge in [-0.2, -0.15) is 0 Å².